The van der Waals surface area contributed by atoms with Crippen molar-refractivity contribution >= 4 is 23.2 Å². The van der Waals surface area contributed by atoms with Crippen molar-refractivity contribution in [2.75, 3.05) is 25.0 Å². The lowest BCUT2D eigenvalue weighted by atomic mass is 9.98. The maximum Gasteiger partial charge on any atom is 0.293 e. The molecule has 3 aromatic rings. The van der Waals surface area contributed by atoms with Crippen LogP contribution in [0.15, 0.2) is 65.3 Å². The molecule has 9 heteroatoms. The Kier molecular flexibility index (Phi) is 7.68. The normalized spacial score (nSPS) is 13.9. The van der Waals surface area contributed by atoms with Crippen molar-refractivity contribution in [3.8, 4) is 0 Å². The third kappa shape index (κ3) is 5.73. The largest absolute Gasteiger partial charge is 0.467 e. The molecule has 2 amide bonds. The van der Waals surface area contributed by atoms with E-state index in [0.29, 0.717) is 22.9 Å². The van der Waals surface area contributed by atoms with Crippen molar-refractivity contribution in [2.45, 2.75) is 32.9 Å². The van der Waals surface area contributed by atoms with Gasteiger partial charge in [0.15, 0.2) is 0 Å². The zero-order valence-electron chi connectivity index (χ0n) is 20.5. The van der Waals surface area contributed by atoms with Gasteiger partial charge in [-0.2, -0.15) is 0 Å². The Bertz CT molecular complexity index is 1220. The predicted molar refractivity (Wildman–Crippen MR) is 136 cm³/mol. The van der Waals surface area contributed by atoms with Crippen molar-refractivity contribution < 1.29 is 18.9 Å². The summed E-state index contributed by atoms with van der Waals surface area (Å²) < 4.78 is 5.46. The van der Waals surface area contributed by atoms with Crippen molar-refractivity contribution in [2.24, 2.45) is 5.92 Å². The number of furan rings is 1. The summed E-state index contributed by atoms with van der Waals surface area (Å²) in [5, 5.41) is 14.5. The second-order valence-electron chi connectivity index (χ2n) is 9.15. The molecule has 1 aliphatic rings. The van der Waals surface area contributed by atoms with Gasteiger partial charge in [0.05, 0.1) is 17.7 Å². The minimum Gasteiger partial charge on any atom is -0.467 e. The second kappa shape index (κ2) is 11.1. The van der Waals surface area contributed by atoms with Crippen molar-refractivity contribution in [1.82, 2.24) is 10.2 Å². The molecule has 0 aliphatic carbocycles. The fourth-order valence-corrected chi connectivity index (χ4v) is 4.42. The Labute approximate surface area is 209 Å². The van der Waals surface area contributed by atoms with Gasteiger partial charge in [-0.05, 0) is 60.7 Å². The summed E-state index contributed by atoms with van der Waals surface area (Å²) in [5.74, 6) is 0.657. The first-order chi connectivity index (χ1) is 17.4. The fourth-order valence-electron chi connectivity index (χ4n) is 4.42. The molecule has 1 saturated heterocycles. The topological polar surface area (TPSA) is 109 Å². The molecule has 0 bridgehead atoms. The lowest BCUT2D eigenvalue weighted by molar-refractivity contribution is -0.384. The first-order valence-corrected chi connectivity index (χ1v) is 12.0. The van der Waals surface area contributed by atoms with Crippen molar-refractivity contribution in [3.63, 3.8) is 0 Å². The van der Waals surface area contributed by atoms with Crippen molar-refractivity contribution in [1.29, 1.82) is 0 Å². The molecule has 4 rings (SSSR count). The van der Waals surface area contributed by atoms with Gasteiger partial charge in [0.2, 0.25) is 0 Å². The second-order valence-corrected chi connectivity index (χ2v) is 9.15. The van der Waals surface area contributed by atoms with Crippen LogP contribution in [0.1, 0.15) is 51.8 Å². The number of nitrogens with one attached hydrogen (secondary N) is 1. The number of benzene rings is 2. The van der Waals surface area contributed by atoms with Crippen LogP contribution in [0.25, 0.3) is 0 Å². The molecule has 1 aromatic heterocycles. The van der Waals surface area contributed by atoms with Gasteiger partial charge in [-0.25, -0.2) is 0 Å². The summed E-state index contributed by atoms with van der Waals surface area (Å²) >= 11 is 0. The SMILES string of the molecule is CNC(=O)c1ccc(CN(Cc2ccco2)C(=O)c2ccc(N3CCC(C)CC3)c([N+](=O)[O-])c2)cc1. The minimum atomic E-state index is -0.418. The highest BCUT2D eigenvalue weighted by atomic mass is 16.6. The predicted octanol–water partition coefficient (Wildman–Crippen LogP) is 4.63. The van der Waals surface area contributed by atoms with Gasteiger partial charge in [-0.3, -0.25) is 19.7 Å². The quantitative estimate of drug-likeness (QED) is 0.364. The number of hydrogen-bond donors (Lipinski definition) is 1. The van der Waals surface area contributed by atoms with Crippen LogP contribution in [0.3, 0.4) is 0 Å². The summed E-state index contributed by atoms with van der Waals surface area (Å²) in [5.41, 5.74) is 2.05. The monoisotopic (exact) mass is 490 g/mol. The van der Waals surface area contributed by atoms with Crippen LogP contribution in [-0.4, -0.2) is 41.8 Å². The molecular weight excluding hydrogens is 460 g/mol. The van der Waals surface area contributed by atoms with Crippen LogP contribution in [0.4, 0.5) is 11.4 Å². The third-order valence-corrected chi connectivity index (χ3v) is 6.57. The van der Waals surface area contributed by atoms with Gasteiger partial charge in [0.1, 0.15) is 11.4 Å². The molecule has 0 spiro atoms. The van der Waals surface area contributed by atoms with E-state index < -0.39 is 4.92 Å². The maximum atomic E-state index is 13.6. The zero-order valence-corrected chi connectivity index (χ0v) is 20.5. The molecule has 36 heavy (non-hydrogen) atoms. The number of nitro groups is 1. The Morgan fingerprint density at radius 2 is 1.78 bits per heavy atom. The number of carbonyl (C=O) groups is 2. The van der Waals surface area contributed by atoms with Crippen LogP contribution in [0.2, 0.25) is 0 Å². The van der Waals surface area contributed by atoms with Crippen LogP contribution in [-0.2, 0) is 13.1 Å². The van der Waals surface area contributed by atoms with Crippen LogP contribution < -0.4 is 10.2 Å². The highest BCUT2D eigenvalue weighted by Gasteiger charge is 2.26. The Morgan fingerprint density at radius 3 is 2.39 bits per heavy atom. The molecule has 0 unspecified atom stereocenters. The van der Waals surface area contributed by atoms with Crippen LogP contribution in [0.5, 0.6) is 0 Å². The van der Waals surface area contributed by atoms with Gasteiger partial charge in [-0.15, -0.1) is 0 Å². The number of nitrogens with zero attached hydrogens (tertiary/aromatic N) is 3. The van der Waals surface area contributed by atoms with Crippen LogP contribution >= 0.6 is 0 Å². The third-order valence-electron chi connectivity index (χ3n) is 6.57. The van der Waals surface area contributed by atoms with Gasteiger partial charge in [-0.1, -0.05) is 19.1 Å². The molecule has 1 fully saturated rings. The lowest BCUT2D eigenvalue weighted by Gasteiger charge is -2.32. The maximum absolute atomic E-state index is 13.6. The minimum absolute atomic E-state index is 0.0664. The molecule has 1 aliphatic heterocycles. The number of carbonyl (C=O) groups excluding carboxylic acids is 2. The van der Waals surface area contributed by atoms with Crippen molar-refractivity contribution in [3.05, 3.63) is 93.4 Å². The Hall–Kier alpha value is -4.14. The molecule has 2 aromatic carbocycles. The van der Waals surface area contributed by atoms with Crippen LogP contribution in [0, 0.1) is 16.0 Å². The van der Waals surface area contributed by atoms with E-state index in [1.807, 2.05) is 4.90 Å². The molecular formula is C27H30N4O5. The van der Waals surface area contributed by atoms with E-state index in [-0.39, 0.29) is 36.2 Å². The average molecular weight is 491 g/mol. The van der Waals surface area contributed by atoms with Gasteiger partial charge in [0, 0.05) is 43.9 Å². The molecule has 0 saturated carbocycles. The first kappa shape index (κ1) is 25.0. The van der Waals surface area contributed by atoms with E-state index >= 15 is 0 Å². The van der Waals surface area contributed by atoms with E-state index in [0.717, 1.165) is 31.5 Å². The van der Waals surface area contributed by atoms with Gasteiger partial charge in [0.25, 0.3) is 17.5 Å². The number of anilines is 1. The summed E-state index contributed by atoms with van der Waals surface area (Å²) in [6.45, 7) is 4.14. The summed E-state index contributed by atoms with van der Waals surface area (Å²) in [6.07, 6.45) is 3.50. The molecule has 188 valence electrons. The molecule has 0 radical (unpaired) electrons. The summed E-state index contributed by atoms with van der Waals surface area (Å²) in [7, 11) is 1.57. The Balaban J connectivity index is 1.60. The molecule has 1 N–H and O–H groups in total. The molecule has 2 heterocycles. The van der Waals surface area contributed by atoms with E-state index in [1.165, 1.54) is 12.3 Å². The van der Waals surface area contributed by atoms with E-state index in [2.05, 4.69) is 12.2 Å². The summed E-state index contributed by atoms with van der Waals surface area (Å²) in [4.78, 5) is 40.6. The van der Waals surface area contributed by atoms with E-state index in [1.54, 1.807) is 60.5 Å². The number of rotatable bonds is 8. The average Bonchev–Trinajstić information content (AvgIpc) is 3.41. The fraction of sp³-hybridized carbons (Fsp3) is 0.333. The lowest BCUT2D eigenvalue weighted by Crippen LogP contribution is -2.33. The van der Waals surface area contributed by atoms with E-state index in [4.69, 9.17) is 4.42 Å². The summed E-state index contributed by atoms with van der Waals surface area (Å²) in [6, 6.07) is 15.2. The zero-order chi connectivity index (χ0) is 25.7. The highest BCUT2D eigenvalue weighted by Crippen LogP contribution is 2.33. The number of nitro benzene ring substituents is 1. The number of amides is 2. The number of hydrogen-bond acceptors (Lipinski definition) is 6. The number of piperidine rings is 1. The molecule has 0 atom stereocenters. The highest BCUT2D eigenvalue weighted by molar-refractivity contribution is 5.96. The standard InChI is InChI=1S/C27H30N4O5/c1-19-11-13-29(14-12-19)24-10-9-22(16-25(24)31(34)35)27(33)30(18-23-4-3-15-36-23)17-20-5-7-21(8-6-20)26(32)28-2/h3-10,15-16,19H,11-14,17-18H2,1-2H3,(H,28,32). The van der Waals surface area contributed by atoms with E-state index in [9.17, 15) is 19.7 Å². The Morgan fingerprint density at radius 1 is 1.08 bits per heavy atom. The first-order valence-electron chi connectivity index (χ1n) is 12.0. The van der Waals surface area contributed by atoms with Gasteiger partial charge < -0.3 is 19.5 Å². The van der Waals surface area contributed by atoms with Gasteiger partial charge >= 0.3 is 0 Å². The molecule has 9 nitrogen and oxygen atoms in total. The smallest absolute Gasteiger partial charge is 0.293 e.